The molecule has 0 aliphatic heterocycles. The summed E-state index contributed by atoms with van der Waals surface area (Å²) in [6, 6.07) is 10.1. The predicted octanol–water partition coefficient (Wildman–Crippen LogP) is 3.78. The van der Waals surface area contributed by atoms with Crippen LogP contribution in [0.1, 0.15) is 17.0 Å². The van der Waals surface area contributed by atoms with E-state index in [1.165, 1.54) is 12.1 Å². The lowest BCUT2D eigenvalue weighted by Crippen LogP contribution is -2.16. The van der Waals surface area contributed by atoms with Crippen molar-refractivity contribution in [2.75, 3.05) is 20.8 Å². The Bertz CT molecular complexity index is 649. The first-order chi connectivity index (χ1) is 10.6. The van der Waals surface area contributed by atoms with Gasteiger partial charge in [-0.1, -0.05) is 17.7 Å². The third kappa shape index (κ3) is 3.70. The Morgan fingerprint density at radius 3 is 2.36 bits per heavy atom. The van der Waals surface area contributed by atoms with Gasteiger partial charge in [0.05, 0.1) is 19.2 Å². The molecule has 2 N–H and O–H groups in total. The van der Waals surface area contributed by atoms with Crippen LogP contribution < -0.4 is 15.2 Å². The molecule has 0 spiro atoms. The summed E-state index contributed by atoms with van der Waals surface area (Å²) in [6.45, 7) is 0.378. The van der Waals surface area contributed by atoms with Crippen molar-refractivity contribution in [1.29, 1.82) is 0 Å². The number of hydrogen-bond acceptors (Lipinski definition) is 3. The standard InChI is InChI=1S/C17H19ClFNO2/c1-21-16-6-4-13(19)9-14(16)12(10-20)7-11-3-5-17(22-2)15(18)8-11/h3-6,8-9,12H,7,10,20H2,1-2H3. The quantitative estimate of drug-likeness (QED) is 0.880. The smallest absolute Gasteiger partial charge is 0.137 e. The summed E-state index contributed by atoms with van der Waals surface area (Å²) in [5.74, 6) is 0.895. The molecule has 1 atom stereocenters. The van der Waals surface area contributed by atoms with E-state index in [0.29, 0.717) is 29.5 Å². The minimum Gasteiger partial charge on any atom is -0.496 e. The van der Waals surface area contributed by atoms with E-state index in [4.69, 9.17) is 26.8 Å². The summed E-state index contributed by atoms with van der Waals surface area (Å²) in [5, 5.41) is 0.543. The Balaban J connectivity index is 2.29. The van der Waals surface area contributed by atoms with Crippen molar-refractivity contribution in [1.82, 2.24) is 0 Å². The molecule has 0 fully saturated rings. The predicted molar refractivity (Wildman–Crippen MR) is 86.5 cm³/mol. The van der Waals surface area contributed by atoms with Crippen LogP contribution in [0, 0.1) is 5.82 Å². The number of benzene rings is 2. The molecule has 118 valence electrons. The Morgan fingerprint density at radius 1 is 1.09 bits per heavy atom. The van der Waals surface area contributed by atoms with Crippen molar-refractivity contribution in [3.63, 3.8) is 0 Å². The first-order valence-corrected chi connectivity index (χ1v) is 7.32. The average Bonchev–Trinajstić information content (AvgIpc) is 2.52. The third-order valence-corrected chi connectivity index (χ3v) is 3.91. The molecule has 0 radical (unpaired) electrons. The number of nitrogens with two attached hydrogens (primary N) is 1. The van der Waals surface area contributed by atoms with Crippen molar-refractivity contribution in [3.8, 4) is 11.5 Å². The van der Waals surface area contributed by atoms with Gasteiger partial charge >= 0.3 is 0 Å². The van der Waals surface area contributed by atoms with Gasteiger partial charge < -0.3 is 15.2 Å². The fourth-order valence-corrected chi connectivity index (χ4v) is 2.75. The minimum absolute atomic E-state index is 0.0601. The molecule has 5 heteroatoms. The fourth-order valence-electron chi connectivity index (χ4n) is 2.47. The monoisotopic (exact) mass is 323 g/mol. The summed E-state index contributed by atoms with van der Waals surface area (Å²) in [4.78, 5) is 0. The summed E-state index contributed by atoms with van der Waals surface area (Å²) >= 11 is 6.15. The van der Waals surface area contributed by atoms with Gasteiger partial charge in [0.15, 0.2) is 0 Å². The van der Waals surface area contributed by atoms with E-state index in [1.807, 2.05) is 18.2 Å². The lowest BCUT2D eigenvalue weighted by molar-refractivity contribution is 0.403. The molecule has 3 nitrogen and oxygen atoms in total. The molecule has 22 heavy (non-hydrogen) atoms. The van der Waals surface area contributed by atoms with Gasteiger partial charge in [0, 0.05) is 11.5 Å². The van der Waals surface area contributed by atoms with E-state index in [-0.39, 0.29) is 11.7 Å². The topological polar surface area (TPSA) is 44.5 Å². The van der Waals surface area contributed by atoms with Gasteiger partial charge in [-0.2, -0.15) is 0 Å². The Labute approximate surface area is 134 Å². The fraction of sp³-hybridized carbons (Fsp3) is 0.294. The Kier molecular flexibility index (Phi) is 5.63. The van der Waals surface area contributed by atoms with Crippen molar-refractivity contribution in [2.24, 2.45) is 5.73 Å². The van der Waals surface area contributed by atoms with Crippen LogP contribution in [0.2, 0.25) is 5.02 Å². The van der Waals surface area contributed by atoms with E-state index in [2.05, 4.69) is 0 Å². The van der Waals surface area contributed by atoms with Crippen LogP contribution in [-0.4, -0.2) is 20.8 Å². The van der Waals surface area contributed by atoms with Gasteiger partial charge in [-0.25, -0.2) is 4.39 Å². The van der Waals surface area contributed by atoms with Gasteiger partial charge in [-0.15, -0.1) is 0 Å². The number of rotatable bonds is 6. The molecule has 2 aromatic rings. The highest BCUT2D eigenvalue weighted by Crippen LogP contribution is 2.32. The van der Waals surface area contributed by atoms with E-state index in [1.54, 1.807) is 20.3 Å². The molecule has 2 aromatic carbocycles. The number of ether oxygens (including phenoxy) is 2. The van der Waals surface area contributed by atoms with E-state index < -0.39 is 0 Å². The summed E-state index contributed by atoms with van der Waals surface area (Å²) in [7, 11) is 3.13. The number of halogens is 2. The molecule has 2 rings (SSSR count). The van der Waals surface area contributed by atoms with Crippen LogP contribution in [0.5, 0.6) is 11.5 Å². The van der Waals surface area contributed by atoms with Crippen molar-refractivity contribution >= 4 is 11.6 Å². The van der Waals surface area contributed by atoms with Gasteiger partial charge in [0.25, 0.3) is 0 Å². The molecule has 0 aliphatic rings. The third-order valence-electron chi connectivity index (χ3n) is 3.61. The molecular formula is C17H19ClFNO2. The largest absolute Gasteiger partial charge is 0.496 e. The van der Waals surface area contributed by atoms with Crippen LogP contribution in [0.4, 0.5) is 4.39 Å². The average molecular weight is 324 g/mol. The maximum absolute atomic E-state index is 13.5. The first kappa shape index (κ1) is 16.6. The zero-order chi connectivity index (χ0) is 16.1. The second-order valence-electron chi connectivity index (χ2n) is 4.99. The van der Waals surface area contributed by atoms with Crippen LogP contribution in [-0.2, 0) is 6.42 Å². The molecule has 0 heterocycles. The van der Waals surface area contributed by atoms with E-state index in [9.17, 15) is 4.39 Å². The first-order valence-electron chi connectivity index (χ1n) is 6.95. The van der Waals surface area contributed by atoms with Crippen LogP contribution >= 0.6 is 11.6 Å². The van der Waals surface area contributed by atoms with Crippen molar-refractivity contribution in [3.05, 3.63) is 58.4 Å². The maximum atomic E-state index is 13.5. The minimum atomic E-state index is -0.304. The van der Waals surface area contributed by atoms with Crippen LogP contribution in [0.15, 0.2) is 36.4 Å². The van der Waals surface area contributed by atoms with E-state index >= 15 is 0 Å². The molecule has 0 aromatic heterocycles. The lowest BCUT2D eigenvalue weighted by Gasteiger charge is -2.19. The summed E-state index contributed by atoms with van der Waals surface area (Å²) < 4.78 is 24.0. The normalized spacial score (nSPS) is 12.0. The highest BCUT2D eigenvalue weighted by Gasteiger charge is 2.17. The SMILES string of the molecule is COc1ccc(CC(CN)c2cc(F)ccc2OC)cc1Cl. The van der Waals surface area contributed by atoms with Gasteiger partial charge in [0.1, 0.15) is 17.3 Å². The molecule has 0 saturated carbocycles. The Morgan fingerprint density at radius 2 is 1.77 bits per heavy atom. The maximum Gasteiger partial charge on any atom is 0.137 e. The molecule has 0 saturated heterocycles. The van der Waals surface area contributed by atoms with Gasteiger partial charge in [-0.05, 0) is 48.9 Å². The van der Waals surface area contributed by atoms with Gasteiger partial charge in [-0.3, -0.25) is 0 Å². The van der Waals surface area contributed by atoms with Crippen molar-refractivity contribution < 1.29 is 13.9 Å². The highest BCUT2D eigenvalue weighted by molar-refractivity contribution is 6.32. The second kappa shape index (κ2) is 7.47. The summed E-state index contributed by atoms with van der Waals surface area (Å²) in [5.41, 5.74) is 7.65. The molecule has 0 aliphatic carbocycles. The zero-order valence-corrected chi connectivity index (χ0v) is 13.4. The molecular weight excluding hydrogens is 305 g/mol. The number of hydrogen-bond donors (Lipinski definition) is 1. The van der Waals surface area contributed by atoms with Crippen molar-refractivity contribution in [2.45, 2.75) is 12.3 Å². The zero-order valence-electron chi connectivity index (χ0n) is 12.6. The second-order valence-corrected chi connectivity index (χ2v) is 5.40. The van der Waals surface area contributed by atoms with Gasteiger partial charge in [0.2, 0.25) is 0 Å². The van der Waals surface area contributed by atoms with Crippen LogP contribution in [0.25, 0.3) is 0 Å². The molecule has 1 unspecified atom stereocenters. The number of methoxy groups -OCH3 is 2. The molecule has 0 bridgehead atoms. The summed E-state index contributed by atoms with van der Waals surface area (Å²) in [6.07, 6.45) is 0.639. The van der Waals surface area contributed by atoms with E-state index in [0.717, 1.165) is 11.1 Å². The van der Waals surface area contributed by atoms with Crippen LogP contribution in [0.3, 0.4) is 0 Å². The highest BCUT2D eigenvalue weighted by atomic mass is 35.5. The Hall–Kier alpha value is -1.78. The lowest BCUT2D eigenvalue weighted by atomic mass is 9.91. The molecule has 0 amide bonds.